The average Bonchev–Trinajstić information content (AvgIpc) is 2.93. The molecular formula is C12H12ClN5O2. The van der Waals surface area contributed by atoms with Gasteiger partial charge in [-0.25, -0.2) is 4.68 Å². The number of halogens is 1. The number of aromatic nitrogens is 4. The Morgan fingerprint density at radius 2 is 2.45 bits per heavy atom. The van der Waals surface area contributed by atoms with Crippen LogP contribution in [0.25, 0.3) is 0 Å². The number of fused-ring (bicyclic) bond motifs is 1. The van der Waals surface area contributed by atoms with Crippen LogP contribution in [0.4, 0.5) is 0 Å². The maximum absolute atomic E-state index is 12.0. The highest BCUT2D eigenvalue weighted by Crippen LogP contribution is 2.37. The van der Waals surface area contributed by atoms with E-state index in [9.17, 15) is 4.79 Å². The Balaban J connectivity index is 1.73. The van der Waals surface area contributed by atoms with E-state index in [1.54, 1.807) is 6.07 Å². The number of carbonyl (C=O) groups is 1. The summed E-state index contributed by atoms with van der Waals surface area (Å²) in [5.41, 5.74) is 0.897. The molecule has 1 unspecified atom stereocenters. The normalized spacial score (nSPS) is 17.1. The number of para-hydroxylation sites is 1. The van der Waals surface area contributed by atoms with Crippen LogP contribution in [0.5, 0.6) is 5.75 Å². The molecule has 20 heavy (non-hydrogen) atoms. The van der Waals surface area contributed by atoms with E-state index in [4.69, 9.17) is 16.3 Å². The topological polar surface area (TPSA) is 81.9 Å². The molecule has 0 aliphatic carbocycles. The SMILES string of the molecule is O=C(Cn1cnnn1)NC1CCOc2c(Cl)cccc21. The predicted molar refractivity (Wildman–Crippen MR) is 70.3 cm³/mol. The third-order valence-corrected chi connectivity index (χ3v) is 3.36. The van der Waals surface area contributed by atoms with Crippen molar-refractivity contribution < 1.29 is 9.53 Å². The number of hydrogen-bond acceptors (Lipinski definition) is 5. The van der Waals surface area contributed by atoms with Gasteiger partial charge >= 0.3 is 0 Å². The molecule has 0 saturated heterocycles. The second-order valence-corrected chi connectivity index (χ2v) is 4.83. The molecule has 1 amide bonds. The van der Waals surface area contributed by atoms with E-state index in [2.05, 4.69) is 20.8 Å². The van der Waals surface area contributed by atoms with Crippen molar-refractivity contribution in [3.05, 3.63) is 35.1 Å². The van der Waals surface area contributed by atoms with Crippen LogP contribution in [0, 0.1) is 0 Å². The molecule has 2 heterocycles. The lowest BCUT2D eigenvalue weighted by atomic mass is 10.0. The van der Waals surface area contributed by atoms with Gasteiger partial charge in [-0.3, -0.25) is 4.79 Å². The molecule has 8 heteroatoms. The van der Waals surface area contributed by atoms with Crippen LogP contribution in [-0.2, 0) is 11.3 Å². The Kier molecular flexibility index (Phi) is 3.51. The molecule has 0 fully saturated rings. The molecule has 1 aliphatic heterocycles. The summed E-state index contributed by atoms with van der Waals surface area (Å²) >= 11 is 6.09. The standard InChI is InChI=1S/C12H12ClN5O2/c13-9-3-1-2-8-10(4-5-20-12(8)9)15-11(19)6-18-7-14-16-17-18/h1-3,7,10H,4-6H2,(H,15,19). The fourth-order valence-electron chi connectivity index (χ4n) is 2.18. The number of rotatable bonds is 3. The van der Waals surface area contributed by atoms with E-state index in [1.807, 2.05) is 12.1 Å². The first kappa shape index (κ1) is 12.9. The average molecular weight is 294 g/mol. The second-order valence-electron chi connectivity index (χ2n) is 4.42. The Morgan fingerprint density at radius 1 is 1.55 bits per heavy atom. The minimum absolute atomic E-state index is 0.0836. The van der Waals surface area contributed by atoms with Crippen LogP contribution < -0.4 is 10.1 Å². The van der Waals surface area contributed by atoms with E-state index in [0.717, 1.165) is 5.56 Å². The molecule has 1 N–H and O–H groups in total. The zero-order chi connectivity index (χ0) is 13.9. The zero-order valence-corrected chi connectivity index (χ0v) is 11.2. The lowest BCUT2D eigenvalue weighted by Gasteiger charge is -2.27. The van der Waals surface area contributed by atoms with Crippen LogP contribution in [0.1, 0.15) is 18.0 Å². The summed E-state index contributed by atoms with van der Waals surface area (Å²) in [6, 6.07) is 5.41. The third kappa shape index (κ3) is 2.57. The van der Waals surface area contributed by atoms with Gasteiger partial charge in [0.1, 0.15) is 18.6 Å². The smallest absolute Gasteiger partial charge is 0.242 e. The first-order valence-electron chi connectivity index (χ1n) is 6.15. The quantitative estimate of drug-likeness (QED) is 0.912. The number of amides is 1. The van der Waals surface area contributed by atoms with Crippen molar-refractivity contribution >= 4 is 17.5 Å². The zero-order valence-electron chi connectivity index (χ0n) is 10.5. The molecule has 104 valence electrons. The van der Waals surface area contributed by atoms with Crippen LogP contribution in [0.15, 0.2) is 24.5 Å². The first-order valence-corrected chi connectivity index (χ1v) is 6.53. The lowest BCUT2D eigenvalue weighted by Crippen LogP contribution is -2.34. The summed E-state index contributed by atoms with van der Waals surface area (Å²) in [6.07, 6.45) is 2.10. The maximum Gasteiger partial charge on any atom is 0.242 e. The summed E-state index contributed by atoms with van der Waals surface area (Å²) < 4.78 is 6.92. The van der Waals surface area contributed by atoms with Crippen molar-refractivity contribution in [1.82, 2.24) is 25.5 Å². The van der Waals surface area contributed by atoms with E-state index >= 15 is 0 Å². The monoisotopic (exact) mass is 293 g/mol. The van der Waals surface area contributed by atoms with Gasteiger partial charge in [0, 0.05) is 12.0 Å². The van der Waals surface area contributed by atoms with Crippen molar-refractivity contribution in [2.24, 2.45) is 0 Å². The second kappa shape index (κ2) is 5.46. The van der Waals surface area contributed by atoms with Gasteiger partial charge in [-0.1, -0.05) is 23.7 Å². The van der Waals surface area contributed by atoms with Gasteiger partial charge < -0.3 is 10.1 Å². The molecule has 0 saturated carbocycles. The summed E-state index contributed by atoms with van der Waals surface area (Å²) in [7, 11) is 0. The number of hydrogen-bond donors (Lipinski definition) is 1. The molecule has 0 spiro atoms. The van der Waals surface area contributed by atoms with Crippen molar-refractivity contribution in [3.63, 3.8) is 0 Å². The van der Waals surface area contributed by atoms with Gasteiger partial charge in [0.15, 0.2) is 0 Å². The highest BCUT2D eigenvalue weighted by molar-refractivity contribution is 6.32. The first-order chi connectivity index (χ1) is 9.74. The van der Waals surface area contributed by atoms with Crippen molar-refractivity contribution in [1.29, 1.82) is 0 Å². The lowest BCUT2D eigenvalue weighted by molar-refractivity contribution is -0.122. The molecule has 7 nitrogen and oxygen atoms in total. The fraction of sp³-hybridized carbons (Fsp3) is 0.333. The van der Waals surface area contributed by atoms with Gasteiger partial charge in [0.05, 0.1) is 17.7 Å². The minimum Gasteiger partial charge on any atom is -0.492 e. The number of benzene rings is 1. The Hall–Kier alpha value is -2.15. The van der Waals surface area contributed by atoms with Crippen molar-refractivity contribution in [2.75, 3.05) is 6.61 Å². The maximum atomic E-state index is 12.0. The molecular weight excluding hydrogens is 282 g/mol. The minimum atomic E-state index is -0.157. The van der Waals surface area contributed by atoms with E-state index in [-0.39, 0.29) is 18.5 Å². The van der Waals surface area contributed by atoms with Crippen molar-refractivity contribution in [3.8, 4) is 5.75 Å². The molecule has 1 atom stereocenters. The van der Waals surface area contributed by atoms with Gasteiger partial charge in [-0.05, 0) is 16.5 Å². The Morgan fingerprint density at radius 3 is 3.25 bits per heavy atom. The third-order valence-electron chi connectivity index (χ3n) is 3.06. The van der Waals surface area contributed by atoms with E-state index in [0.29, 0.717) is 23.8 Å². The van der Waals surface area contributed by atoms with Gasteiger partial charge in [-0.15, -0.1) is 5.10 Å². The number of nitrogens with zero attached hydrogens (tertiary/aromatic N) is 4. The van der Waals surface area contributed by atoms with Crippen molar-refractivity contribution in [2.45, 2.75) is 19.0 Å². The highest BCUT2D eigenvalue weighted by atomic mass is 35.5. The van der Waals surface area contributed by atoms with Crippen LogP contribution in [-0.4, -0.2) is 32.7 Å². The van der Waals surface area contributed by atoms with Gasteiger partial charge in [-0.2, -0.15) is 0 Å². The molecule has 1 aliphatic rings. The highest BCUT2D eigenvalue weighted by Gasteiger charge is 2.24. The Labute approximate surface area is 119 Å². The largest absolute Gasteiger partial charge is 0.492 e. The molecule has 0 bridgehead atoms. The van der Waals surface area contributed by atoms with Crippen LogP contribution >= 0.6 is 11.6 Å². The predicted octanol–water partition coefficient (Wildman–Crippen LogP) is 0.966. The molecule has 3 rings (SSSR count). The van der Waals surface area contributed by atoms with E-state index < -0.39 is 0 Å². The molecule has 2 aromatic rings. The molecule has 0 radical (unpaired) electrons. The van der Waals surface area contributed by atoms with Gasteiger partial charge in [0.2, 0.25) is 5.91 Å². The number of nitrogens with one attached hydrogen (secondary N) is 1. The number of ether oxygens (including phenoxy) is 1. The summed E-state index contributed by atoms with van der Waals surface area (Å²) in [5.74, 6) is 0.489. The summed E-state index contributed by atoms with van der Waals surface area (Å²) in [5, 5.41) is 14.1. The van der Waals surface area contributed by atoms with Crippen LogP contribution in [0.2, 0.25) is 5.02 Å². The molecule has 1 aromatic carbocycles. The summed E-state index contributed by atoms with van der Waals surface area (Å²) in [6.45, 7) is 0.604. The Bertz CT molecular complexity index is 616. The number of carbonyl (C=O) groups excluding carboxylic acids is 1. The van der Waals surface area contributed by atoms with E-state index in [1.165, 1.54) is 11.0 Å². The fourth-order valence-corrected chi connectivity index (χ4v) is 2.41. The summed E-state index contributed by atoms with van der Waals surface area (Å²) in [4.78, 5) is 12.0. The van der Waals surface area contributed by atoms with Gasteiger partial charge in [0.25, 0.3) is 0 Å². The van der Waals surface area contributed by atoms with Crippen LogP contribution in [0.3, 0.4) is 0 Å². The number of tetrazole rings is 1. The molecule has 1 aromatic heterocycles.